The molecule has 0 aromatic rings. The lowest BCUT2D eigenvalue weighted by atomic mass is 10.2. The second-order valence-electron chi connectivity index (χ2n) is 3.98. The Kier molecular flexibility index (Phi) is 8.15. The Balaban J connectivity index is 1.97. The Morgan fingerprint density at radius 1 is 1.56 bits per heavy atom. The Morgan fingerprint density at radius 3 is 3.12 bits per heavy atom. The fourth-order valence-electron chi connectivity index (χ4n) is 1.65. The van der Waals surface area contributed by atoms with Crippen LogP contribution in [0.2, 0.25) is 0 Å². The van der Waals surface area contributed by atoms with E-state index in [1.54, 1.807) is 0 Å². The van der Waals surface area contributed by atoms with E-state index in [4.69, 9.17) is 0 Å². The zero-order valence-corrected chi connectivity index (χ0v) is 11.6. The number of carbonyl (C=O) groups excluding carboxylic acids is 1. The summed E-state index contributed by atoms with van der Waals surface area (Å²) in [5.74, 6) is 3.63. The fourth-order valence-corrected chi connectivity index (χ4v) is 3.09. The fraction of sp³-hybridized carbons (Fsp3) is 0.909. The van der Waals surface area contributed by atoms with E-state index in [-0.39, 0.29) is 5.91 Å². The van der Waals surface area contributed by atoms with Crippen LogP contribution in [0.5, 0.6) is 0 Å². The average Bonchev–Trinajstić information content (AvgIpc) is 2.30. The van der Waals surface area contributed by atoms with Crippen molar-refractivity contribution in [3.05, 3.63) is 0 Å². The molecule has 0 spiro atoms. The maximum atomic E-state index is 11.6. The van der Waals surface area contributed by atoms with Gasteiger partial charge in [-0.3, -0.25) is 4.79 Å². The van der Waals surface area contributed by atoms with Crippen LogP contribution in [0.15, 0.2) is 0 Å². The highest BCUT2D eigenvalue weighted by Gasteiger charge is 2.15. The van der Waals surface area contributed by atoms with E-state index in [1.165, 1.54) is 17.9 Å². The van der Waals surface area contributed by atoms with Crippen LogP contribution < -0.4 is 10.6 Å². The SMILES string of the molecule is CSCCCCNC(=O)CC1CSCCN1. The summed E-state index contributed by atoms with van der Waals surface area (Å²) >= 11 is 3.80. The molecule has 3 nitrogen and oxygen atoms in total. The lowest BCUT2D eigenvalue weighted by Crippen LogP contribution is -2.41. The molecule has 1 aliphatic rings. The van der Waals surface area contributed by atoms with Crippen LogP contribution in [-0.2, 0) is 4.79 Å². The first kappa shape index (κ1) is 14.2. The van der Waals surface area contributed by atoms with E-state index in [0.29, 0.717) is 12.5 Å². The summed E-state index contributed by atoms with van der Waals surface area (Å²) in [5.41, 5.74) is 0. The third-order valence-electron chi connectivity index (χ3n) is 2.53. The van der Waals surface area contributed by atoms with Gasteiger partial charge in [-0.05, 0) is 24.9 Å². The van der Waals surface area contributed by atoms with Gasteiger partial charge < -0.3 is 10.6 Å². The normalized spacial score (nSPS) is 20.7. The summed E-state index contributed by atoms with van der Waals surface area (Å²) in [6.07, 6.45) is 5.04. The number of unbranched alkanes of at least 4 members (excludes halogenated alkanes) is 1. The number of hydrogen-bond donors (Lipinski definition) is 2. The van der Waals surface area contributed by atoms with E-state index in [2.05, 4.69) is 16.9 Å². The molecule has 0 saturated carbocycles. The highest BCUT2D eigenvalue weighted by Crippen LogP contribution is 2.09. The van der Waals surface area contributed by atoms with Crippen molar-refractivity contribution in [1.29, 1.82) is 0 Å². The summed E-state index contributed by atoms with van der Waals surface area (Å²) in [6, 6.07) is 0.380. The van der Waals surface area contributed by atoms with Gasteiger partial charge in [-0.1, -0.05) is 0 Å². The van der Waals surface area contributed by atoms with Gasteiger partial charge in [0.15, 0.2) is 0 Å². The molecule has 1 aliphatic heterocycles. The quantitative estimate of drug-likeness (QED) is 0.680. The molecule has 2 N–H and O–H groups in total. The highest BCUT2D eigenvalue weighted by molar-refractivity contribution is 7.99. The van der Waals surface area contributed by atoms with Gasteiger partial charge >= 0.3 is 0 Å². The van der Waals surface area contributed by atoms with Crippen molar-refractivity contribution in [1.82, 2.24) is 10.6 Å². The second-order valence-corrected chi connectivity index (χ2v) is 6.12. The molecule has 1 fully saturated rings. The molecule has 16 heavy (non-hydrogen) atoms. The van der Waals surface area contributed by atoms with Crippen LogP contribution in [0.3, 0.4) is 0 Å². The second kappa shape index (κ2) is 9.19. The van der Waals surface area contributed by atoms with E-state index in [1.807, 2.05) is 23.5 Å². The molecule has 0 aliphatic carbocycles. The summed E-state index contributed by atoms with van der Waals surface area (Å²) in [7, 11) is 0. The van der Waals surface area contributed by atoms with E-state index < -0.39 is 0 Å². The molecule has 1 heterocycles. The number of nitrogens with one attached hydrogen (secondary N) is 2. The van der Waals surface area contributed by atoms with Crippen LogP contribution in [0.25, 0.3) is 0 Å². The van der Waals surface area contributed by atoms with Gasteiger partial charge in [0.25, 0.3) is 0 Å². The Bertz CT molecular complexity index is 196. The molecular formula is C11H22N2OS2. The largest absolute Gasteiger partial charge is 0.356 e. The van der Waals surface area contributed by atoms with Crippen LogP contribution in [0.1, 0.15) is 19.3 Å². The highest BCUT2D eigenvalue weighted by atomic mass is 32.2. The Hall–Kier alpha value is 0.130. The van der Waals surface area contributed by atoms with Crippen molar-refractivity contribution in [2.75, 3.05) is 36.6 Å². The predicted octanol–water partition coefficient (Wildman–Crippen LogP) is 1.34. The Morgan fingerprint density at radius 2 is 2.44 bits per heavy atom. The molecular weight excluding hydrogens is 240 g/mol. The predicted molar refractivity (Wildman–Crippen MR) is 74.4 cm³/mol. The van der Waals surface area contributed by atoms with Gasteiger partial charge in [0.05, 0.1) is 0 Å². The van der Waals surface area contributed by atoms with Crippen molar-refractivity contribution in [2.45, 2.75) is 25.3 Å². The number of rotatable bonds is 7. The first-order valence-corrected chi connectivity index (χ1v) is 8.44. The van der Waals surface area contributed by atoms with Crippen LogP contribution in [0.4, 0.5) is 0 Å². The van der Waals surface area contributed by atoms with E-state index in [0.717, 1.165) is 25.3 Å². The summed E-state index contributed by atoms with van der Waals surface area (Å²) < 4.78 is 0. The molecule has 5 heteroatoms. The zero-order valence-electron chi connectivity index (χ0n) is 9.96. The van der Waals surface area contributed by atoms with Gasteiger partial charge in [-0.15, -0.1) is 0 Å². The number of amides is 1. The third kappa shape index (κ3) is 6.66. The molecule has 1 rings (SSSR count). The Labute approximate surface area is 107 Å². The van der Waals surface area contributed by atoms with Crippen molar-refractivity contribution in [3.8, 4) is 0 Å². The first-order valence-electron chi connectivity index (χ1n) is 5.89. The molecule has 1 atom stereocenters. The lowest BCUT2D eigenvalue weighted by molar-refractivity contribution is -0.121. The zero-order chi connectivity index (χ0) is 11.6. The minimum absolute atomic E-state index is 0.198. The van der Waals surface area contributed by atoms with Gasteiger partial charge in [-0.2, -0.15) is 23.5 Å². The molecule has 1 amide bonds. The van der Waals surface area contributed by atoms with Gasteiger partial charge in [0.2, 0.25) is 5.91 Å². The minimum atomic E-state index is 0.198. The van der Waals surface area contributed by atoms with Gasteiger partial charge in [0, 0.05) is 37.1 Å². The van der Waals surface area contributed by atoms with E-state index >= 15 is 0 Å². The lowest BCUT2D eigenvalue weighted by Gasteiger charge is -2.22. The van der Waals surface area contributed by atoms with Crippen LogP contribution in [0, 0.1) is 0 Å². The number of hydrogen-bond acceptors (Lipinski definition) is 4. The monoisotopic (exact) mass is 262 g/mol. The smallest absolute Gasteiger partial charge is 0.221 e. The number of carbonyl (C=O) groups is 1. The topological polar surface area (TPSA) is 41.1 Å². The standard InChI is InChI=1S/C11H22N2OS2/c1-15-6-3-2-4-13-11(14)8-10-9-16-7-5-12-10/h10,12H,2-9H2,1H3,(H,13,14). The maximum absolute atomic E-state index is 11.6. The molecule has 1 unspecified atom stereocenters. The molecule has 0 radical (unpaired) electrons. The summed E-state index contributed by atoms with van der Waals surface area (Å²) in [6.45, 7) is 1.87. The maximum Gasteiger partial charge on any atom is 0.221 e. The molecule has 94 valence electrons. The van der Waals surface area contributed by atoms with Gasteiger partial charge in [-0.25, -0.2) is 0 Å². The molecule has 0 bridgehead atoms. The summed E-state index contributed by atoms with van der Waals surface area (Å²) in [4.78, 5) is 11.6. The van der Waals surface area contributed by atoms with Crippen LogP contribution >= 0.6 is 23.5 Å². The summed E-state index contributed by atoms with van der Waals surface area (Å²) in [5, 5.41) is 6.37. The van der Waals surface area contributed by atoms with Crippen molar-refractivity contribution < 1.29 is 4.79 Å². The first-order chi connectivity index (χ1) is 7.83. The minimum Gasteiger partial charge on any atom is -0.356 e. The van der Waals surface area contributed by atoms with Crippen LogP contribution in [-0.4, -0.2) is 48.6 Å². The third-order valence-corrected chi connectivity index (χ3v) is 4.36. The van der Waals surface area contributed by atoms with Crippen molar-refractivity contribution in [3.63, 3.8) is 0 Å². The number of thioether (sulfide) groups is 2. The van der Waals surface area contributed by atoms with Crippen molar-refractivity contribution in [2.24, 2.45) is 0 Å². The van der Waals surface area contributed by atoms with Gasteiger partial charge in [0.1, 0.15) is 0 Å². The molecule has 0 aromatic heterocycles. The van der Waals surface area contributed by atoms with E-state index in [9.17, 15) is 4.79 Å². The molecule has 1 saturated heterocycles. The average molecular weight is 262 g/mol. The van der Waals surface area contributed by atoms with Crippen molar-refractivity contribution >= 4 is 29.4 Å². The molecule has 0 aromatic carbocycles.